The van der Waals surface area contributed by atoms with Crippen LogP contribution in [0.5, 0.6) is 0 Å². The molecule has 0 radical (unpaired) electrons. The van der Waals surface area contributed by atoms with Crippen molar-refractivity contribution < 1.29 is 24.5 Å². The Balaban J connectivity index is 1.40. The van der Waals surface area contributed by atoms with Crippen LogP contribution in [0.1, 0.15) is 93.4 Å². The topological polar surface area (TPSA) is 79.3 Å². The summed E-state index contributed by atoms with van der Waals surface area (Å²) >= 11 is 0. The molecule has 7 fully saturated rings. The predicted molar refractivity (Wildman–Crippen MR) is 131 cm³/mol. The minimum atomic E-state index is -0.711. The van der Waals surface area contributed by atoms with Gasteiger partial charge in [-0.1, -0.05) is 48.5 Å². The second-order valence-electron chi connectivity index (χ2n) is 15.6. The van der Waals surface area contributed by atoms with E-state index in [0.29, 0.717) is 30.1 Å². The van der Waals surface area contributed by atoms with Gasteiger partial charge in [-0.25, -0.2) is 0 Å². The summed E-state index contributed by atoms with van der Waals surface area (Å²) in [5, 5.41) is 22.1. The molecule has 0 amide bonds. The first kappa shape index (κ1) is 23.5. The molecule has 2 heterocycles. The van der Waals surface area contributed by atoms with Crippen LogP contribution in [0.3, 0.4) is 0 Å². The number of ether oxygens (including phenoxy) is 2. The van der Waals surface area contributed by atoms with Gasteiger partial charge in [0.2, 0.25) is 0 Å². The molecule has 14 atom stereocenters. The number of fused-ring (bicyclic) bond motifs is 6. The first-order valence-corrected chi connectivity index (χ1v) is 14.5. The van der Waals surface area contributed by atoms with Gasteiger partial charge in [-0.05, 0) is 84.9 Å². The summed E-state index contributed by atoms with van der Waals surface area (Å²) in [4.78, 5) is 13.8. The zero-order valence-corrected chi connectivity index (χ0v) is 22.8. The number of aliphatic hydroxyl groups excluding tert-OH is 2. The standard InChI is InChI=1S/C30H46O5/c1-15-8-11-29-13-12-28(7)27(6)10-9-18-25(3,4)22(32)17(31)14-26(18,5)21(27)19-23(34-19)30(28,35-24(29)33)20(29)16(15)2/h15-23,31-32H,8-14H2,1-7H3. The molecule has 5 heteroatoms. The molecule has 2 saturated heterocycles. The summed E-state index contributed by atoms with van der Waals surface area (Å²) in [7, 11) is 0. The van der Waals surface area contributed by atoms with E-state index >= 15 is 0 Å². The average molecular weight is 487 g/mol. The summed E-state index contributed by atoms with van der Waals surface area (Å²) in [6.45, 7) is 16.4. The van der Waals surface area contributed by atoms with Gasteiger partial charge >= 0.3 is 5.97 Å². The molecule has 5 saturated carbocycles. The van der Waals surface area contributed by atoms with Crippen LogP contribution in [0.4, 0.5) is 0 Å². The van der Waals surface area contributed by atoms with Crippen LogP contribution in [0.2, 0.25) is 0 Å². The first-order valence-electron chi connectivity index (χ1n) is 14.5. The van der Waals surface area contributed by atoms with E-state index in [1.807, 2.05) is 0 Å². The van der Waals surface area contributed by atoms with Crippen molar-refractivity contribution in [3.63, 3.8) is 0 Å². The normalized spacial score (nSPS) is 65.7. The van der Waals surface area contributed by atoms with Crippen LogP contribution in [0, 0.1) is 56.7 Å². The van der Waals surface area contributed by atoms with Gasteiger partial charge in [0, 0.05) is 11.3 Å². The molecule has 2 aliphatic heterocycles. The van der Waals surface area contributed by atoms with E-state index in [2.05, 4.69) is 48.5 Å². The molecule has 5 nitrogen and oxygen atoms in total. The molecule has 2 N–H and O–H groups in total. The van der Waals surface area contributed by atoms with E-state index in [1.54, 1.807) is 0 Å². The van der Waals surface area contributed by atoms with E-state index in [-0.39, 0.29) is 51.2 Å². The van der Waals surface area contributed by atoms with E-state index in [9.17, 15) is 15.0 Å². The third-order valence-corrected chi connectivity index (χ3v) is 14.5. The van der Waals surface area contributed by atoms with Gasteiger partial charge in [0.05, 0.1) is 23.7 Å². The van der Waals surface area contributed by atoms with Gasteiger partial charge in [-0.2, -0.15) is 0 Å². The molecule has 0 aromatic heterocycles. The lowest BCUT2D eigenvalue weighted by molar-refractivity contribution is -0.285. The quantitative estimate of drug-likeness (QED) is 0.383. The highest BCUT2D eigenvalue weighted by Crippen LogP contribution is 2.83. The SMILES string of the molecule is CC1CCC23CCC4(C)C5(C)CCC6C(C)(C)C(O)C(O)CC6(C)C5C5OC5C4(OC2=O)C3C1C. The molecular formula is C30H46O5. The second-order valence-corrected chi connectivity index (χ2v) is 15.6. The first-order chi connectivity index (χ1) is 16.2. The Morgan fingerprint density at radius 3 is 2.34 bits per heavy atom. The summed E-state index contributed by atoms with van der Waals surface area (Å²) in [6.07, 6.45) is 5.41. The molecule has 7 aliphatic rings. The summed E-state index contributed by atoms with van der Waals surface area (Å²) in [5.41, 5.74) is -1.53. The van der Waals surface area contributed by atoms with Gasteiger partial charge in [-0.3, -0.25) is 4.79 Å². The van der Waals surface area contributed by atoms with E-state index < -0.39 is 17.8 Å². The molecule has 7 rings (SSSR count). The van der Waals surface area contributed by atoms with Crippen LogP contribution in [-0.4, -0.2) is 46.2 Å². The maximum Gasteiger partial charge on any atom is 0.313 e. The number of esters is 1. The lowest BCUT2D eigenvalue weighted by atomic mass is 9.30. The van der Waals surface area contributed by atoms with Crippen molar-refractivity contribution in [2.45, 2.75) is 123 Å². The van der Waals surface area contributed by atoms with E-state index in [4.69, 9.17) is 9.47 Å². The van der Waals surface area contributed by atoms with Crippen molar-refractivity contribution in [1.29, 1.82) is 0 Å². The van der Waals surface area contributed by atoms with Crippen molar-refractivity contribution in [1.82, 2.24) is 0 Å². The minimum Gasteiger partial charge on any atom is -0.455 e. The number of epoxide rings is 1. The number of hydrogen-bond acceptors (Lipinski definition) is 5. The monoisotopic (exact) mass is 486 g/mol. The van der Waals surface area contributed by atoms with Crippen molar-refractivity contribution in [2.75, 3.05) is 0 Å². The molecule has 2 bridgehead atoms. The van der Waals surface area contributed by atoms with Gasteiger partial charge in [0.1, 0.15) is 6.10 Å². The number of carbonyl (C=O) groups excluding carboxylic acids is 1. The maximum absolute atomic E-state index is 13.8. The van der Waals surface area contributed by atoms with Gasteiger partial charge in [-0.15, -0.1) is 0 Å². The molecule has 35 heavy (non-hydrogen) atoms. The second kappa shape index (κ2) is 6.31. The smallest absolute Gasteiger partial charge is 0.313 e. The highest BCUT2D eigenvalue weighted by molar-refractivity contribution is 5.82. The zero-order chi connectivity index (χ0) is 25.1. The fourth-order valence-corrected chi connectivity index (χ4v) is 12.6. The van der Waals surface area contributed by atoms with Crippen LogP contribution < -0.4 is 0 Å². The molecule has 1 spiro atoms. The molecule has 14 unspecified atom stereocenters. The van der Waals surface area contributed by atoms with Gasteiger partial charge < -0.3 is 19.7 Å². The Labute approximate surface area is 210 Å². The number of hydrogen-bond donors (Lipinski definition) is 2. The third-order valence-electron chi connectivity index (χ3n) is 14.5. The van der Waals surface area contributed by atoms with Crippen molar-refractivity contribution in [3.8, 4) is 0 Å². The van der Waals surface area contributed by atoms with Crippen LogP contribution in [-0.2, 0) is 14.3 Å². The molecular weight excluding hydrogens is 440 g/mol. The molecule has 0 aromatic carbocycles. The zero-order valence-electron chi connectivity index (χ0n) is 22.8. The van der Waals surface area contributed by atoms with Crippen molar-refractivity contribution >= 4 is 5.97 Å². The van der Waals surface area contributed by atoms with E-state index in [1.165, 1.54) is 0 Å². The Morgan fingerprint density at radius 2 is 1.63 bits per heavy atom. The van der Waals surface area contributed by atoms with Crippen LogP contribution >= 0.6 is 0 Å². The Bertz CT molecular complexity index is 993. The van der Waals surface area contributed by atoms with Crippen LogP contribution in [0.25, 0.3) is 0 Å². The molecule has 196 valence electrons. The van der Waals surface area contributed by atoms with E-state index in [0.717, 1.165) is 38.5 Å². The molecule has 0 aromatic rings. The summed E-state index contributed by atoms with van der Waals surface area (Å²) in [6, 6.07) is 0. The van der Waals surface area contributed by atoms with Gasteiger partial charge in [0.15, 0.2) is 5.60 Å². The number of aliphatic hydroxyl groups is 2. The van der Waals surface area contributed by atoms with Crippen molar-refractivity contribution in [3.05, 3.63) is 0 Å². The number of rotatable bonds is 0. The third kappa shape index (κ3) is 2.19. The fourth-order valence-electron chi connectivity index (χ4n) is 12.6. The lowest BCUT2D eigenvalue weighted by Crippen LogP contribution is -2.76. The van der Waals surface area contributed by atoms with Crippen molar-refractivity contribution in [2.24, 2.45) is 56.7 Å². The van der Waals surface area contributed by atoms with Gasteiger partial charge in [0.25, 0.3) is 0 Å². The highest BCUT2D eigenvalue weighted by Gasteiger charge is 2.89. The number of carbonyl (C=O) groups is 1. The average Bonchev–Trinajstić information content (AvgIpc) is 3.52. The summed E-state index contributed by atoms with van der Waals surface area (Å²) in [5.74, 6) is 1.96. The summed E-state index contributed by atoms with van der Waals surface area (Å²) < 4.78 is 13.6. The highest BCUT2D eigenvalue weighted by atomic mass is 16.6. The molecule has 5 aliphatic carbocycles. The minimum absolute atomic E-state index is 0.0304. The van der Waals surface area contributed by atoms with Crippen LogP contribution in [0.15, 0.2) is 0 Å². The predicted octanol–water partition coefficient (Wildman–Crippen LogP) is 4.72. The Hall–Kier alpha value is -0.650. The lowest BCUT2D eigenvalue weighted by Gasteiger charge is -2.73. The fraction of sp³-hybridized carbons (Fsp3) is 0.967. The Kier molecular flexibility index (Phi) is 4.23. The Morgan fingerprint density at radius 1 is 0.914 bits per heavy atom. The maximum atomic E-state index is 13.8. The largest absolute Gasteiger partial charge is 0.455 e.